The lowest BCUT2D eigenvalue weighted by molar-refractivity contribution is -0.142. The molecule has 32 heavy (non-hydrogen) atoms. The first kappa shape index (κ1) is 23.8. The fourth-order valence-electron chi connectivity index (χ4n) is 3.46. The van der Waals surface area contributed by atoms with E-state index >= 15 is 0 Å². The number of carboxylic acids is 2. The maximum atomic E-state index is 11.9. The molecule has 0 aliphatic rings. The zero-order chi connectivity index (χ0) is 23.1. The van der Waals surface area contributed by atoms with Crippen molar-refractivity contribution in [3.8, 4) is 0 Å². The van der Waals surface area contributed by atoms with E-state index in [1.807, 2.05) is 30.3 Å². The summed E-state index contributed by atoms with van der Waals surface area (Å²) in [5.41, 5.74) is 2.48. The summed E-state index contributed by atoms with van der Waals surface area (Å²) >= 11 is 12.1. The number of hydrogen-bond acceptors (Lipinski definition) is 4. The average Bonchev–Trinajstić information content (AvgIpc) is 3.16. The fraction of sp³-hybridized carbons (Fsp3) is 0.261. The summed E-state index contributed by atoms with van der Waals surface area (Å²) in [6.45, 7) is 0.401. The van der Waals surface area contributed by atoms with Gasteiger partial charge in [0, 0.05) is 34.9 Å². The van der Waals surface area contributed by atoms with E-state index in [2.05, 4.69) is 10.3 Å². The molecule has 2 atom stereocenters. The van der Waals surface area contributed by atoms with Gasteiger partial charge in [0.1, 0.15) is 12.1 Å². The van der Waals surface area contributed by atoms with Crippen LogP contribution in [0, 0.1) is 0 Å². The molecule has 0 saturated carbocycles. The Labute approximate surface area is 195 Å². The predicted molar refractivity (Wildman–Crippen MR) is 122 cm³/mol. The Morgan fingerprint density at radius 1 is 0.969 bits per heavy atom. The molecule has 0 spiro atoms. The molecular formula is C23H23Cl2N3O4. The molecule has 0 aliphatic carbocycles. The van der Waals surface area contributed by atoms with Gasteiger partial charge in [-0.25, -0.2) is 4.98 Å². The number of hydrogen-bond donors (Lipinski definition) is 3. The third-order valence-corrected chi connectivity index (χ3v) is 5.49. The number of aromatic nitrogens is 2. The Bertz CT molecular complexity index is 1050. The van der Waals surface area contributed by atoms with Gasteiger partial charge in [0.05, 0.1) is 6.33 Å². The number of nitrogens with one attached hydrogen (secondary N) is 1. The van der Waals surface area contributed by atoms with Crippen LogP contribution in [-0.4, -0.2) is 43.8 Å². The van der Waals surface area contributed by atoms with E-state index in [9.17, 15) is 19.8 Å². The normalized spacial score (nSPS) is 12.9. The SMILES string of the molecule is O=C(O)[C@H](CCc1ccccc1)N[C@@H](Cc1cncn1Cc1cc(Cl)cc(Cl)c1)C(=O)O. The smallest absolute Gasteiger partial charge is 0.321 e. The van der Waals surface area contributed by atoms with Crippen molar-refractivity contribution in [2.24, 2.45) is 0 Å². The second-order valence-electron chi connectivity index (χ2n) is 7.47. The topological polar surface area (TPSA) is 104 Å². The maximum Gasteiger partial charge on any atom is 0.321 e. The van der Waals surface area contributed by atoms with Crippen LogP contribution < -0.4 is 5.32 Å². The van der Waals surface area contributed by atoms with Gasteiger partial charge in [0.15, 0.2) is 0 Å². The van der Waals surface area contributed by atoms with Gasteiger partial charge in [-0.05, 0) is 42.2 Å². The largest absolute Gasteiger partial charge is 0.480 e. The van der Waals surface area contributed by atoms with Crippen LogP contribution in [0.3, 0.4) is 0 Å². The molecule has 0 unspecified atom stereocenters. The Balaban J connectivity index is 1.70. The number of benzene rings is 2. The van der Waals surface area contributed by atoms with Crippen LogP contribution >= 0.6 is 23.2 Å². The highest BCUT2D eigenvalue weighted by Crippen LogP contribution is 2.20. The van der Waals surface area contributed by atoms with E-state index in [0.29, 0.717) is 28.7 Å². The number of aliphatic carboxylic acids is 2. The molecule has 3 aromatic rings. The highest BCUT2D eigenvalue weighted by molar-refractivity contribution is 6.34. The summed E-state index contributed by atoms with van der Waals surface area (Å²) < 4.78 is 1.79. The molecule has 7 nitrogen and oxygen atoms in total. The lowest BCUT2D eigenvalue weighted by Crippen LogP contribution is -2.48. The standard InChI is InChI=1S/C23H23Cl2N3O4/c24-17-8-16(9-18(25)10-17)13-28-14-26-12-19(28)11-21(23(31)32)27-20(22(29)30)7-6-15-4-2-1-3-5-15/h1-5,8-10,12,14,20-21,27H,6-7,11,13H2,(H,29,30)(H,31,32)/t20-,21-/m0/s1. The Kier molecular flexibility index (Phi) is 8.27. The first-order chi connectivity index (χ1) is 15.3. The minimum Gasteiger partial charge on any atom is -0.480 e. The molecule has 9 heteroatoms. The minimum atomic E-state index is -1.13. The molecule has 2 aromatic carbocycles. The summed E-state index contributed by atoms with van der Waals surface area (Å²) in [7, 11) is 0. The van der Waals surface area contributed by atoms with Gasteiger partial charge in [-0.3, -0.25) is 14.9 Å². The van der Waals surface area contributed by atoms with E-state index in [1.165, 1.54) is 0 Å². The maximum absolute atomic E-state index is 11.9. The first-order valence-electron chi connectivity index (χ1n) is 10.0. The van der Waals surface area contributed by atoms with Crippen molar-refractivity contribution in [3.63, 3.8) is 0 Å². The first-order valence-corrected chi connectivity index (χ1v) is 10.8. The molecule has 3 rings (SSSR count). The van der Waals surface area contributed by atoms with Crippen molar-refractivity contribution in [1.82, 2.24) is 14.9 Å². The van der Waals surface area contributed by atoms with Crippen LogP contribution in [0.5, 0.6) is 0 Å². The summed E-state index contributed by atoms with van der Waals surface area (Å²) in [6, 6.07) is 12.6. The Morgan fingerprint density at radius 3 is 2.25 bits per heavy atom. The summed E-state index contributed by atoms with van der Waals surface area (Å²) in [6.07, 6.45) is 4.02. The van der Waals surface area contributed by atoms with Crippen molar-refractivity contribution in [3.05, 3.63) is 87.9 Å². The van der Waals surface area contributed by atoms with E-state index in [-0.39, 0.29) is 12.8 Å². The highest BCUT2D eigenvalue weighted by Gasteiger charge is 2.27. The lowest BCUT2D eigenvalue weighted by Gasteiger charge is -2.21. The average molecular weight is 476 g/mol. The molecule has 0 aliphatic heterocycles. The second kappa shape index (κ2) is 11.1. The fourth-order valence-corrected chi connectivity index (χ4v) is 4.03. The molecule has 0 radical (unpaired) electrons. The predicted octanol–water partition coefficient (Wildman–Crippen LogP) is 3.91. The van der Waals surface area contributed by atoms with Gasteiger partial charge < -0.3 is 14.8 Å². The zero-order valence-electron chi connectivity index (χ0n) is 17.1. The van der Waals surface area contributed by atoms with Crippen LogP contribution in [0.1, 0.15) is 23.2 Å². The highest BCUT2D eigenvalue weighted by atomic mass is 35.5. The summed E-state index contributed by atoms with van der Waals surface area (Å²) in [5, 5.41) is 23.1. The number of halogens is 2. The van der Waals surface area contributed by atoms with Crippen molar-refractivity contribution >= 4 is 35.1 Å². The summed E-state index contributed by atoms with van der Waals surface area (Å²) in [5.74, 6) is -2.22. The molecule has 0 amide bonds. The van der Waals surface area contributed by atoms with Gasteiger partial charge in [-0.1, -0.05) is 53.5 Å². The van der Waals surface area contributed by atoms with Crippen LogP contribution in [0.4, 0.5) is 0 Å². The number of rotatable bonds is 11. The number of aryl methyl sites for hydroxylation is 1. The van der Waals surface area contributed by atoms with Crippen LogP contribution in [0.25, 0.3) is 0 Å². The number of carbonyl (C=O) groups is 2. The van der Waals surface area contributed by atoms with E-state index in [4.69, 9.17) is 23.2 Å². The second-order valence-corrected chi connectivity index (χ2v) is 8.34. The van der Waals surface area contributed by atoms with Gasteiger partial charge in [-0.15, -0.1) is 0 Å². The molecule has 1 heterocycles. The van der Waals surface area contributed by atoms with Crippen LogP contribution in [0.2, 0.25) is 10.0 Å². The number of imidazole rings is 1. The number of carboxylic acid groups (broad SMARTS) is 2. The number of nitrogens with zero attached hydrogens (tertiary/aromatic N) is 2. The van der Waals surface area contributed by atoms with E-state index < -0.39 is 24.0 Å². The zero-order valence-corrected chi connectivity index (χ0v) is 18.6. The van der Waals surface area contributed by atoms with Gasteiger partial charge >= 0.3 is 11.9 Å². The van der Waals surface area contributed by atoms with Gasteiger partial charge in [-0.2, -0.15) is 0 Å². The van der Waals surface area contributed by atoms with Crippen LogP contribution in [0.15, 0.2) is 61.1 Å². The lowest BCUT2D eigenvalue weighted by atomic mass is 10.0. The Hall–Kier alpha value is -2.87. The van der Waals surface area contributed by atoms with Crippen molar-refractivity contribution in [1.29, 1.82) is 0 Å². The molecular weight excluding hydrogens is 453 g/mol. The molecule has 1 aromatic heterocycles. The summed E-state index contributed by atoms with van der Waals surface area (Å²) in [4.78, 5) is 27.8. The van der Waals surface area contributed by atoms with Crippen molar-refractivity contribution in [2.45, 2.75) is 37.9 Å². The minimum absolute atomic E-state index is 0.0682. The van der Waals surface area contributed by atoms with E-state index in [1.54, 1.807) is 35.3 Å². The van der Waals surface area contributed by atoms with E-state index in [0.717, 1.165) is 11.1 Å². The third kappa shape index (κ3) is 6.82. The third-order valence-electron chi connectivity index (χ3n) is 5.05. The van der Waals surface area contributed by atoms with Gasteiger partial charge in [0.2, 0.25) is 0 Å². The van der Waals surface area contributed by atoms with Crippen molar-refractivity contribution < 1.29 is 19.8 Å². The molecule has 3 N–H and O–H groups in total. The molecule has 0 bridgehead atoms. The quantitative estimate of drug-likeness (QED) is 0.388. The van der Waals surface area contributed by atoms with Crippen molar-refractivity contribution in [2.75, 3.05) is 0 Å². The molecule has 168 valence electrons. The molecule has 0 fully saturated rings. The molecule has 0 saturated heterocycles. The monoisotopic (exact) mass is 475 g/mol. The van der Waals surface area contributed by atoms with Gasteiger partial charge in [0.25, 0.3) is 0 Å². The Morgan fingerprint density at radius 2 is 1.62 bits per heavy atom. The van der Waals surface area contributed by atoms with Crippen LogP contribution in [-0.2, 0) is 29.0 Å².